The Morgan fingerprint density at radius 2 is 2.16 bits per heavy atom. The number of rotatable bonds is 2. The van der Waals surface area contributed by atoms with E-state index in [-0.39, 0.29) is 0 Å². The molecule has 0 fully saturated rings. The zero-order chi connectivity index (χ0) is 13.2. The third-order valence-electron chi connectivity index (χ3n) is 2.67. The van der Waals surface area contributed by atoms with E-state index in [9.17, 15) is 0 Å². The number of aromatic nitrogens is 2. The molecule has 0 aliphatic carbocycles. The van der Waals surface area contributed by atoms with Crippen LogP contribution < -0.4 is 5.32 Å². The SMILES string of the molecule is Cc1ccc2nc(Nc3ccc(C#N)cn3)sc2c1. The van der Waals surface area contributed by atoms with Gasteiger partial charge in [-0.25, -0.2) is 9.97 Å². The van der Waals surface area contributed by atoms with Crippen LogP contribution in [0.1, 0.15) is 11.1 Å². The molecular formula is C14H10N4S. The fourth-order valence-electron chi connectivity index (χ4n) is 1.73. The van der Waals surface area contributed by atoms with E-state index in [0.29, 0.717) is 11.4 Å². The lowest BCUT2D eigenvalue weighted by atomic mass is 10.2. The van der Waals surface area contributed by atoms with Crippen LogP contribution >= 0.6 is 11.3 Å². The maximum absolute atomic E-state index is 8.72. The van der Waals surface area contributed by atoms with Gasteiger partial charge in [0.1, 0.15) is 11.9 Å². The summed E-state index contributed by atoms with van der Waals surface area (Å²) in [6, 6.07) is 11.7. The lowest BCUT2D eigenvalue weighted by Crippen LogP contribution is -1.92. The first kappa shape index (κ1) is 11.6. The third kappa shape index (κ3) is 2.39. The second-order valence-corrected chi connectivity index (χ2v) is 5.19. The first-order valence-corrected chi connectivity index (χ1v) is 6.56. The Bertz CT molecular complexity index is 768. The van der Waals surface area contributed by atoms with Crippen LogP contribution in [0.25, 0.3) is 10.2 Å². The van der Waals surface area contributed by atoms with E-state index in [0.717, 1.165) is 15.3 Å². The lowest BCUT2D eigenvalue weighted by molar-refractivity contribution is 1.28. The summed E-state index contributed by atoms with van der Waals surface area (Å²) >= 11 is 1.59. The molecule has 0 radical (unpaired) electrons. The van der Waals surface area contributed by atoms with Gasteiger partial charge in [-0.05, 0) is 36.8 Å². The monoisotopic (exact) mass is 266 g/mol. The molecule has 1 N–H and O–H groups in total. The van der Waals surface area contributed by atoms with Gasteiger partial charge in [-0.2, -0.15) is 5.26 Å². The minimum atomic E-state index is 0.547. The predicted octanol–water partition coefficient (Wildman–Crippen LogP) is 3.62. The molecule has 3 aromatic rings. The number of fused-ring (bicyclic) bond motifs is 1. The average molecular weight is 266 g/mol. The van der Waals surface area contributed by atoms with Gasteiger partial charge in [0.15, 0.2) is 5.13 Å². The van der Waals surface area contributed by atoms with Crippen molar-refractivity contribution in [3.63, 3.8) is 0 Å². The Hall–Kier alpha value is -2.45. The van der Waals surface area contributed by atoms with Crippen molar-refractivity contribution in [2.24, 2.45) is 0 Å². The molecule has 5 heteroatoms. The minimum Gasteiger partial charge on any atom is -0.316 e. The molecule has 0 aliphatic rings. The normalized spacial score (nSPS) is 10.3. The molecule has 0 saturated heterocycles. The zero-order valence-electron chi connectivity index (χ0n) is 10.2. The summed E-state index contributed by atoms with van der Waals surface area (Å²) in [6.45, 7) is 2.06. The molecule has 19 heavy (non-hydrogen) atoms. The van der Waals surface area contributed by atoms with Crippen molar-refractivity contribution in [2.45, 2.75) is 6.92 Å². The number of nitriles is 1. The Kier molecular flexibility index (Phi) is 2.86. The zero-order valence-corrected chi connectivity index (χ0v) is 11.0. The van der Waals surface area contributed by atoms with Gasteiger partial charge in [-0.15, -0.1) is 0 Å². The molecular weight excluding hydrogens is 256 g/mol. The van der Waals surface area contributed by atoms with E-state index in [4.69, 9.17) is 5.26 Å². The third-order valence-corrected chi connectivity index (χ3v) is 3.61. The van der Waals surface area contributed by atoms with E-state index < -0.39 is 0 Å². The average Bonchev–Trinajstić information content (AvgIpc) is 2.81. The Morgan fingerprint density at radius 1 is 1.26 bits per heavy atom. The molecule has 0 saturated carbocycles. The molecule has 1 aromatic carbocycles. The van der Waals surface area contributed by atoms with Crippen LogP contribution in [0, 0.1) is 18.3 Å². The molecule has 92 valence electrons. The number of hydrogen-bond donors (Lipinski definition) is 1. The topological polar surface area (TPSA) is 61.6 Å². The second kappa shape index (κ2) is 4.67. The fourth-order valence-corrected chi connectivity index (χ4v) is 2.70. The van der Waals surface area contributed by atoms with Crippen LogP contribution in [-0.4, -0.2) is 9.97 Å². The van der Waals surface area contributed by atoms with Gasteiger partial charge >= 0.3 is 0 Å². The van der Waals surface area contributed by atoms with E-state index in [1.165, 1.54) is 5.56 Å². The summed E-state index contributed by atoms with van der Waals surface area (Å²) in [5.74, 6) is 0.690. The highest BCUT2D eigenvalue weighted by Crippen LogP contribution is 2.28. The molecule has 4 nitrogen and oxygen atoms in total. The number of anilines is 2. The van der Waals surface area contributed by atoms with Gasteiger partial charge in [-0.1, -0.05) is 17.4 Å². The summed E-state index contributed by atoms with van der Waals surface area (Å²) in [5.41, 5.74) is 2.75. The molecule has 0 atom stereocenters. The largest absolute Gasteiger partial charge is 0.316 e. The Balaban J connectivity index is 1.90. The van der Waals surface area contributed by atoms with Crippen molar-refractivity contribution < 1.29 is 0 Å². The summed E-state index contributed by atoms with van der Waals surface area (Å²) in [6.07, 6.45) is 1.54. The summed E-state index contributed by atoms with van der Waals surface area (Å²) in [7, 11) is 0. The number of nitrogens with one attached hydrogen (secondary N) is 1. The van der Waals surface area contributed by atoms with Gasteiger partial charge in [-0.3, -0.25) is 0 Å². The maximum atomic E-state index is 8.72. The van der Waals surface area contributed by atoms with Crippen LogP contribution in [0.3, 0.4) is 0 Å². The predicted molar refractivity (Wildman–Crippen MR) is 76.6 cm³/mol. The second-order valence-electron chi connectivity index (χ2n) is 4.16. The van der Waals surface area contributed by atoms with Crippen molar-refractivity contribution in [3.05, 3.63) is 47.7 Å². The van der Waals surface area contributed by atoms with Crippen molar-refractivity contribution in [1.29, 1.82) is 5.26 Å². The molecule has 0 bridgehead atoms. The Morgan fingerprint density at radius 3 is 2.89 bits per heavy atom. The van der Waals surface area contributed by atoms with Crippen LogP contribution in [0.15, 0.2) is 36.5 Å². The van der Waals surface area contributed by atoms with E-state index in [1.54, 1.807) is 29.7 Å². The minimum absolute atomic E-state index is 0.547. The van der Waals surface area contributed by atoms with Crippen LogP contribution in [0.5, 0.6) is 0 Å². The van der Waals surface area contributed by atoms with Crippen LogP contribution in [-0.2, 0) is 0 Å². The molecule has 0 aliphatic heterocycles. The maximum Gasteiger partial charge on any atom is 0.189 e. The van der Waals surface area contributed by atoms with Crippen LogP contribution in [0.4, 0.5) is 10.9 Å². The van der Waals surface area contributed by atoms with Gasteiger partial charge in [0, 0.05) is 6.20 Å². The van der Waals surface area contributed by atoms with Gasteiger partial charge in [0.25, 0.3) is 0 Å². The number of thiazole rings is 1. The van der Waals surface area contributed by atoms with Gasteiger partial charge in [0.05, 0.1) is 15.8 Å². The van der Waals surface area contributed by atoms with Crippen molar-refractivity contribution in [3.8, 4) is 6.07 Å². The number of benzene rings is 1. The van der Waals surface area contributed by atoms with Gasteiger partial charge in [0.2, 0.25) is 0 Å². The number of hydrogen-bond acceptors (Lipinski definition) is 5. The highest BCUT2D eigenvalue weighted by molar-refractivity contribution is 7.22. The fraction of sp³-hybridized carbons (Fsp3) is 0.0714. The summed E-state index contributed by atoms with van der Waals surface area (Å²) in [4.78, 5) is 8.66. The number of aryl methyl sites for hydroxylation is 1. The van der Waals surface area contributed by atoms with Crippen molar-refractivity contribution in [1.82, 2.24) is 9.97 Å². The Labute approximate surface area is 114 Å². The lowest BCUT2D eigenvalue weighted by Gasteiger charge is -1.99. The summed E-state index contributed by atoms with van der Waals surface area (Å²) < 4.78 is 1.15. The molecule has 0 unspecified atom stereocenters. The number of nitrogens with zero attached hydrogens (tertiary/aromatic N) is 3. The smallest absolute Gasteiger partial charge is 0.189 e. The standard InChI is InChI=1S/C14H10N4S/c1-9-2-4-11-12(6-9)19-14(17-11)18-13-5-3-10(7-15)8-16-13/h2-6,8H,1H3,(H,16,17,18). The van der Waals surface area contributed by atoms with Gasteiger partial charge < -0.3 is 5.32 Å². The molecule has 2 heterocycles. The first-order valence-electron chi connectivity index (χ1n) is 5.75. The van der Waals surface area contributed by atoms with Crippen LogP contribution in [0.2, 0.25) is 0 Å². The first-order chi connectivity index (χ1) is 9.24. The molecule has 0 spiro atoms. The molecule has 2 aromatic heterocycles. The number of pyridine rings is 1. The highest BCUT2D eigenvalue weighted by Gasteiger charge is 2.04. The molecule has 0 amide bonds. The van der Waals surface area contributed by atoms with Crippen molar-refractivity contribution >= 4 is 32.5 Å². The highest BCUT2D eigenvalue weighted by atomic mass is 32.1. The van der Waals surface area contributed by atoms with E-state index >= 15 is 0 Å². The molecule has 3 rings (SSSR count). The summed E-state index contributed by atoms with van der Waals surface area (Å²) in [5, 5.41) is 12.7. The quantitative estimate of drug-likeness (QED) is 0.769. The van der Waals surface area contributed by atoms with E-state index in [2.05, 4.69) is 28.3 Å². The van der Waals surface area contributed by atoms with Crippen molar-refractivity contribution in [2.75, 3.05) is 5.32 Å². The van der Waals surface area contributed by atoms with E-state index in [1.807, 2.05) is 18.2 Å².